The summed E-state index contributed by atoms with van der Waals surface area (Å²) in [6.45, 7) is 3.66. The molecular weight excluding hydrogens is 270 g/mol. The second-order valence-corrected chi connectivity index (χ2v) is 4.78. The van der Waals surface area contributed by atoms with Gasteiger partial charge in [0.2, 0.25) is 0 Å². The van der Waals surface area contributed by atoms with E-state index in [0.717, 1.165) is 6.54 Å². The van der Waals surface area contributed by atoms with Crippen LogP contribution >= 0.6 is 0 Å². The Bertz CT molecular complexity index is 452. The van der Waals surface area contributed by atoms with Crippen LogP contribution in [0.25, 0.3) is 6.08 Å². The minimum Gasteiger partial charge on any atom is -0.473 e. The van der Waals surface area contributed by atoms with Crippen LogP contribution in [0.1, 0.15) is 24.8 Å². The third-order valence-electron chi connectivity index (χ3n) is 3.11. The summed E-state index contributed by atoms with van der Waals surface area (Å²) in [7, 11) is 0. The Morgan fingerprint density at radius 1 is 1.00 bits per heavy atom. The van der Waals surface area contributed by atoms with Gasteiger partial charge in [-0.25, -0.2) is 9.59 Å². The van der Waals surface area contributed by atoms with Gasteiger partial charge in [-0.15, -0.1) is 0 Å². The van der Waals surface area contributed by atoms with E-state index in [0.29, 0.717) is 0 Å². The summed E-state index contributed by atoms with van der Waals surface area (Å²) < 4.78 is 0. The highest BCUT2D eigenvalue weighted by Crippen LogP contribution is 2.08. The molecule has 0 spiro atoms. The van der Waals surface area contributed by atoms with Gasteiger partial charge >= 0.3 is 11.9 Å². The molecule has 1 aliphatic heterocycles. The monoisotopic (exact) mass is 291 g/mol. The number of hydrogen-bond acceptors (Lipinski definition) is 3. The van der Waals surface area contributed by atoms with Crippen molar-refractivity contribution in [1.82, 2.24) is 4.90 Å². The van der Waals surface area contributed by atoms with Crippen molar-refractivity contribution in [2.45, 2.75) is 19.3 Å². The van der Waals surface area contributed by atoms with Gasteiger partial charge in [-0.3, -0.25) is 4.90 Å². The van der Waals surface area contributed by atoms with E-state index in [1.54, 1.807) is 0 Å². The molecule has 5 heteroatoms. The maximum absolute atomic E-state index is 9.10. The summed E-state index contributed by atoms with van der Waals surface area (Å²) in [5.41, 5.74) is 1.30. The van der Waals surface area contributed by atoms with E-state index in [1.807, 2.05) is 0 Å². The number of carboxylic acid groups (broad SMARTS) is 2. The van der Waals surface area contributed by atoms with Gasteiger partial charge in [0.15, 0.2) is 0 Å². The van der Waals surface area contributed by atoms with E-state index >= 15 is 0 Å². The molecule has 1 fully saturated rings. The molecule has 2 rings (SSSR count). The average molecular weight is 291 g/mol. The number of benzene rings is 1. The van der Waals surface area contributed by atoms with Crippen LogP contribution in [0.3, 0.4) is 0 Å². The molecule has 1 heterocycles. The molecule has 0 bridgehead atoms. The van der Waals surface area contributed by atoms with Gasteiger partial charge in [0.1, 0.15) is 0 Å². The van der Waals surface area contributed by atoms with Crippen molar-refractivity contribution in [2.24, 2.45) is 0 Å². The first-order valence-electron chi connectivity index (χ1n) is 7.00. The fraction of sp³-hybridized carbons (Fsp3) is 0.375. The van der Waals surface area contributed by atoms with Crippen LogP contribution in [0.4, 0.5) is 0 Å². The SMILES string of the molecule is C(=C\c1ccccc1)/CN1CCCCC1.O=C(O)C(=O)O. The number of carbonyl (C=O) groups is 2. The smallest absolute Gasteiger partial charge is 0.414 e. The van der Waals surface area contributed by atoms with Crippen molar-refractivity contribution in [3.63, 3.8) is 0 Å². The van der Waals surface area contributed by atoms with Crippen molar-refractivity contribution < 1.29 is 19.8 Å². The molecule has 1 aromatic carbocycles. The van der Waals surface area contributed by atoms with Gasteiger partial charge in [-0.05, 0) is 31.5 Å². The van der Waals surface area contributed by atoms with Crippen LogP contribution in [0.2, 0.25) is 0 Å². The Labute approximate surface area is 124 Å². The third kappa shape index (κ3) is 7.89. The lowest BCUT2D eigenvalue weighted by Crippen LogP contribution is -2.29. The number of aliphatic carboxylic acids is 2. The van der Waals surface area contributed by atoms with Crippen molar-refractivity contribution in [3.8, 4) is 0 Å². The Morgan fingerprint density at radius 2 is 1.57 bits per heavy atom. The lowest BCUT2D eigenvalue weighted by molar-refractivity contribution is -0.159. The average Bonchev–Trinajstić information content (AvgIpc) is 2.50. The van der Waals surface area contributed by atoms with Gasteiger partial charge in [-0.1, -0.05) is 48.9 Å². The van der Waals surface area contributed by atoms with Gasteiger partial charge in [0.25, 0.3) is 0 Å². The summed E-state index contributed by atoms with van der Waals surface area (Å²) in [5.74, 6) is -3.65. The molecule has 0 aromatic heterocycles. The third-order valence-corrected chi connectivity index (χ3v) is 3.11. The summed E-state index contributed by atoms with van der Waals surface area (Å²) >= 11 is 0. The minimum atomic E-state index is -1.82. The van der Waals surface area contributed by atoms with Crippen LogP contribution in [0, 0.1) is 0 Å². The van der Waals surface area contributed by atoms with Gasteiger partial charge in [-0.2, -0.15) is 0 Å². The molecule has 0 saturated carbocycles. The molecule has 0 atom stereocenters. The van der Waals surface area contributed by atoms with Crippen molar-refractivity contribution in [2.75, 3.05) is 19.6 Å². The number of nitrogens with zero attached hydrogens (tertiary/aromatic N) is 1. The zero-order valence-electron chi connectivity index (χ0n) is 11.9. The number of carboxylic acids is 2. The van der Waals surface area contributed by atoms with Crippen LogP contribution < -0.4 is 0 Å². The first-order chi connectivity index (χ1) is 10.1. The fourth-order valence-corrected chi connectivity index (χ4v) is 2.04. The van der Waals surface area contributed by atoms with Crippen LogP contribution in [-0.2, 0) is 9.59 Å². The Balaban J connectivity index is 0.000000315. The molecule has 0 aliphatic carbocycles. The molecule has 1 aromatic rings. The fourth-order valence-electron chi connectivity index (χ4n) is 2.04. The summed E-state index contributed by atoms with van der Waals surface area (Å²) in [4.78, 5) is 20.7. The Hall–Kier alpha value is -2.14. The zero-order chi connectivity index (χ0) is 15.5. The van der Waals surface area contributed by atoms with Crippen molar-refractivity contribution in [1.29, 1.82) is 0 Å². The van der Waals surface area contributed by atoms with E-state index in [2.05, 4.69) is 47.4 Å². The number of piperidine rings is 1. The topological polar surface area (TPSA) is 77.8 Å². The van der Waals surface area contributed by atoms with Crippen LogP contribution in [-0.4, -0.2) is 46.7 Å². The van der Waals surface area contributed by atoms with E-state index < -0.39 is 11.9 Å². The molecule has 1 aliphatic rings. The number of likely N-dealkylation sites (tertiary alicyclic amines) is 1. The number of hydrogen-bond donors (Lipinski definition) is 2. The van der Waals surface area contributed by atoms with E-state index in [4.69, 9.17) is 19.8 Å². The van der Waals surface area contributed by atoms with Crippen molar-refractivity contribution >= 4 is 18.0 Å². The van der Waals surface area contributed by atoms with Crippen LogP contribution in [0.5, 0.6) is 0 Å². The number of rotatable bonds is 3. The first kappa shape index (κ1) is 16.9. The van der Waals surface area contributed by atoms with Crippen LogP contribution in [0.15, 0.2) is 36.4 Å². The first-order valence-corrected chi connectivity index (χ1v) is 7.00. The largest absolute Gasteiger partial charge is 0.473 e. The summed E-state index contributed by atoms with van der Waals surface area (Å²) in [6, 6.07) is 10.5. The molecule has 21 heavy (non-hydrogen) atoms. The molecule has 114 valence electrons. The lowest BCUT2D eigenvalue weighted by atomic mass is 10.1. The lowest BCUT2D eigenvalue weighted by Gasteiger charge is -2.24. The Morgan fingerprint density at radius 3 is 2.10 bits per heavy atom. The normalized spacial score (nSPS) is 15.2. The highest BCUT2D eigenvalue weighted by molar-refractivity contribution is 6.27. The minimum absolute atomic E-state index is 1.11. The summed E-state index contributed by atoms with van der Waals surface area (Å²) in [5, 5.41) is 14.8. The maximum atomic E-state index is 9.10. The van der Waals surface area contributed by atoms with Gasteiger partial charge in [0.05, 0.1) is 0 Å². The predicted octanol–water partition coefficient (Wildman–Crippen LogP) is 2.34. The quantitative estimate of drug-likeness (QED) is 0.836. The molecule has 0 radical (unpaired) electrons. The highest BCUT2D eigenvalue weighted by atomic mass is 16.4. The van der Waals surface area contributed by atoms with E-state index in [9.17, 15) is 0 Å². The molecule has 0 unspecified atom stereocenters. The zero-order valence-corrected chi connectivity index (χ0v) is 11.9. The molecular formula is C16H21NO4. The second kappa shape index (κ2) is 9.72. The van der Waals surface area contributed by atoms with E-state index in [1.165, 1.54) is 37.9 Å². The maximum Gasteiger partial charge on any atom is 0.414 e. The molecule has 0 amide bonds. The standard InChI is InChI=1S/C14H19N.C2H2O4/c1-3-8-14(9-4-1)10-7-13-15-11-5-2-6-12-15;3-1(4)2(5)6/h1,3-4,7-10H,2,5-6,11-13H2;(H,3,4)(H,5,6)/b10-7+;. The van der Waals surface area contributed by atoms with Crippen molar-refractivity contribution in [3.05, 3.63) is 42.0 Å². The molecule has 1 saturated heterocycles. The predicted molar refractivity (Wildman–Crippen MR) is 81.0 cm³/mol. The summed E-state index contributed by atoms with van der Waals surface area (Å²) in [6.07, 6.45) is 8.66. The molecule has 5 nitrogen and oxygen atoms in total. The van der Waals surface area contributed by atoms with Gasteiger partial charge in [0, 0.05) is 6.54 Å². The van der Waals surface area contributed by atoms with Gasteiger partial charge < -0.3 is 10.2 Å². The highest BCUT2D eigenvalue weighted by Gasteiger charge is 2.07. The second-order valence-electron chi connectivity index (χ2n) is 4.78. The molecule has 2 N–H and O–H groups in total. The van der Waals surface area contributed by atoms with E-state index in [-0.39, 0.29) is 0 Å². The Kier molecular flexibility index (Phi) is 7.82.